The molecular formula is C26H44O8. The Bertz CT molecular complexity index is 785. The molecule has 1 saturated heterocycles. The van der Waals surface area contributed by atoms with Gasteiger partial charge in [0.25, 0.3) is 0 Å². The SMILES string of the molecule is CC1(C)CC(OC2OC(CO)C(O)C(O)C2O)C[C@]2(C)C1C(O)C[C@@]13CC(CCC12)[C@](C)(O)C3. The van der Waals surface area contributed by atoms with E-state index in [1.165, 1.54) is 0 Å². The number of hydrogen-bond acceptors (Lipinski definition) is 8. The van der Waals surface area contributed by atoms with Crippen LogP contribution >= 0.6 is 0 Å². The highest BCUT2D eigenvalue weighted by atomic mass is 16.7. The summed E-state index contributed by atoms with van der Waals surface area (Å²) in [5.74, 6) is 0.736. The Labute approximate surface area is 202 Å². The Morgan fingerprint density at radius 2 is 1.59 bits per heavy atom. The number of aliphatic hydroxyl groups excluding tert-OH is 5. The summed E-state index contributed by atoms with van der Waals surface area (Å²) in [7, 11) is 0. The topological polar surface area (TPSA) is 140 Å². The van der Waals surface area contributed by atoms with Crippen molar-refractivity contribution in [3.05, 3.63) is 0 Å². The molecule has 10 unspecified atom stereocenters. The van der Waals surface area contributed by atoms with Crippen LogP contribution < -0.4 is 0 Å². The molecule has 2 bridgehead atoms. The molecule has 8 heteroatoms. The van der Waals surface area contributed by atoms with Gasteiger partial charge in [-0.2, -0.15) is 0 Å². The molecule has 0 aromatic rings. The number of aliphatic hydroxyl groups is 6. The molecule has 4 saturated carbocycles. The van der Waals surface area contributed by atoms with Crippen molar-refractivity contribution < 1.29 is 40.1 Å². The van der Waals surface area contributed by atoms with Crippen molar-refractivity contribution in [2.75, 3.05) is 6.61 Å². The molecule has 5 rings (SSSR count). The summed E-state index contributed by atoms with van der Waals surface area (Å²) >= 11 is 0. The van der Waals surface area contributed by atoms with Crippen LogP contribution in [-0.4, -0.2) is 85.8 Å². The van der Waals surface area contributed by atoms with Gasteiger partial charge in [-0.15, -0.1) is 0 Å². The number of hydrogen-bond donors (Lipinski definition) is 6. The number of fused-ring (bicyclic) bond motifs is 3. The maximum atomic E-state index is 11.5. The molecular weight excluding hydrogens is 440 g/mol. The van der Waals surface area contributed by atoms with Crippen LogP contribution in [0.25, 0.3) is 0 Å². The van der Waals surface area contributed by atoms with Gasteiger partial charge in [0.05, 0.1) is 24.4 Å². The highest BCUT2D eigenvalue weighted by Gasteiger charge is 2.69. The summed E-state index contributed by atoms with van der Waals surface area (Å²) in [6.45, 7) is 8.11. The molecule has 13 atom stereocenters. The van der Waals surface area contributed by atoms with Gasteiger partial charge in [0, 0.05) is 0 Å². The van der Waals surface area contributed by atoms with Crippen molar-refractivity contribution in [3.63, 3.8) is 0 Å². The zero-order valence-electron chi connectivity index (χ0n) is 20.9. The standard InChI is InChI=1S/C26H44O8/c1-23(2)8-14(33-22-20(31)19(30)18(29)16(11-27)34-22)9-24(3)17-6-5-13-7-26(17,12-25(13,4)32)10-15(28)21(23)24/h13-22,27-32H,5-12H2,1-4H3/t13?,14?,15?,16?,17?,18?,19?,20?,21?,22?,24-,25+,26+/m0/s1. The largest absolute Gasteiger partial charge is 0.394 e. The Hall–Kier alpha value is -0.320. The third kappa shape index (κ3) is 3.63. The lowest BCUT2D eigenvalue weighted by Crippen LogP contribution is -2.64. The van der Waals surface area contributed by atoms with Crippen molar-refractivity contribution in [3.8, 4) is 0 Å². The zero-order valence-corrected chi connectivity index (χ0v) is 20.9. The Morgan fingerprint density at radius 1 is 0.882 bits per heavy atom. The van der Waals surface area contributed by atoms with Gasteiger partial charge in [-0.3, -0.25) is 0 Å². The number of rotatable bonds is 3. The zero-order chi connectivity index (χ0) is 24.8. The van der Waals surface area contributed by atoms with Gasteiger partial charge in [-0.05, 0) is 85.9 Å². The molecule has 0 aromatic carbocycles. The van der Waals surface area contributed by atoms with Gasteiger partial charge < -0.3 is 40.1 Å². The Morgan fingerprint density at radius 3 is 2.26 bits per heavy atom. The molecule has 5 fully saturated rings. The molecule has 8 nitrogen and oxygen atoms in total. The van der Waals surface area contributed by atoms with E-state index >= 15 is 0 Å². The molecule has 1 spiro atoms. The molecule has 0 radical (unpaired) electrons. The highest BCUT2D eigenvalue weighted by Crippen LogP contribution is 2.73. The normalized spacial score (nSPS) is 58.8. The first-order chi connectivity index (χ1) is 15.7. The minimum Gasteiger partial charge on any atom is -0.394 e. The van der Waals surface area contributed by atoms with E-state index in [0.29, 0.717) is 18.8 Å². The fourth-order valence-electron chi connectivity index (χ4n) is 9.93. The maximum Gasteiger partial charge on any atom is 0.186 e. The summed E-state index contributed by atoms with van der Waals surface area (Å²) in [5.41, 5.74) is -1.21. The van der Waals surface area contributed by atoms with Gasteiger partial charge in [0.15, 0.2) is 6.29 Å². The van der Waals surface area contributed by atoms with E-state index in [1.54, 1.807) is 0 Å². The van der Waals surface area contributed by atoms with Crippen LogP contribution in [0.5, 0.6) is 0 Å². The van der Waals surface area contributed by atoms with E-state index in [4.69, 9.17) is 9.47 Å². The molecule has 196 valence electrons. The lowest BCUT2D eigenvalue weighted by atomic mass is 9.40. The van der Waals surface area contributed by atoms with Gasteiger partial charge >= 0.3 is 0 Å². The van der Waals surface area contributed by atoms with Crippen LogP contribution in [-0.2, 0) is 9.47 Å². The average molecular weight is 485 g/mol. The molecule has 5 aliphatic rings. The Kier molecular flexibility index (Phi) is 6.03. The lowest BCUT2D eigenvalue weighted by molar-refractivity contribution is -0.324. The van der Waals surface area contributed by atoms with Crippen LogP contribution in [0, 0.1) is 34.0 Å². The minimum atomic E-state index is -1.47. The second kappa shape index (κ2) is 8.09. The van der Waals surface area contributed by atoms with Crippen molar-refractivity contribution in [2.24, 2.45) is 34.0 Å². The molecule has 34 heavy (non-hydrogen) atoms. The molecule has 0 aromatic heterocycles. The smallest absolute Gasteiger partial charge is 0.186 e. The van der Waals surface area contributed by atoms with E-state index in [9.17, 15) is 30.6 Å². The second-order valence-corrected chi connectivity index (χ2v) is 13.5. The van der Waals surface area contributed by atoms with E-state index < -0.39 is 49.0 Å². The predicted octanol–water partition coefficient (Wildman–Crippen LogP) is 0.936. The predicted molar refractivity (Wildman–Crippen MR) is 122 cm³/mol. The van der Waals surface area contributed by atoms with Crippen molar-refractivity contribution in [1.82, 2.24) is 0 Å². The summed E-state index contributed by atoms with van der Waals surface area (Å²) in [6, 6.07) is 0. The monoisotopic (exact) mass is 484 g/mol. The van der Waals surface area contributed by atoms with E-state index in [-0.39, 0.29) is 34.2 Å². The van der Waals surface area contributed by atoms with Gasteiger partial charge in [-0.25, -0.2) is 0 Å². The molecule has 1 heterocycles. The van der Waals surface area contributed by atoms with Gasteiger partial charge in [-0.1, -0.05) is 20.8 Å². The summed E-state index contributed by atoms with van der Waals surface area (Å²) in [4.78, 5) is 0. The third-order valence-electron chi connectivity index (χ3n) is 10.7. The van der Waals surface area contributed by atoms with Crippen molar-refractivity contribution in [1.29, 1.82) is 0 Å². The second-order valence-electron chi connectivity index (χ2n) is 13.5. The summed E-state index contributed by atoms with van der Waals surface area (Å²) in [6.07, 6.45) is -1.36. The lowest BCUT2D eigenvalue weighted by Gasteiger charge is -2.66. The Balaban J connectivity index is 1.43. The maximum absolute atomic E-state index is 11.5. The van der Waals surface area contributed by atoms with E-state index in [1.807, 2.05) is 6.92 Å². The van der Waals surface area contributed by atoms with Crippen molar-refractivity contribution >= 4 is 0 Å². The quantitative estimate of drug-likeness (QED) is 0.325. The van der Waals surface area contributed by atoms with Crippen LogP contribution in [0.4, 0.5) is 0 Å². The number of ether oxygens (including phenoxy) is 2. The van der Waals surface area contributed by atoms with E-state index in [0.717, 1.165) is 32.1 Å². The highest BCUT2D eigenvalue weighted by molar-refractivity contribution is 5.18. The van der Waals surface area contributed by atoms with Gasteiger partial charge in [0.2, 0.25) is 0 Å². The molecule has 6 N–H and O–H groups in total. The van der Waals surface area contributed by atoms with Gasteiger partial charge in [0.1, 0.15) is 24.4 Å². The van der Waals surface area contributed by atoms with Crippen molar-refractivity contribution in [2.45, 2.75) is 121 Å². The first-order valence-electron chi connectivity index (χ1n) is 13.1. The fourth-order valence-corrected chi connectivity index (χ4v) is 9.93. The first kappa shape index (κ1) is 25.3. The average Bonchev–Trinajstić information content (AvgIpc) is 2.90. The van der Waals surface area contributed by atoms with Crippen LogP contribution in [0.3, 0.4) is 0 Å². The summed E-state index contributed by atoms with van der Waals surface area (Å²) < 4.78 is 12.0. The molecule has 4 aliphatic carbocycles. The first-order valence-corrected chi connectivity index (χ1v) is 13.1. The fraction of sp³-hybridized carbons (Fsp3) is 1.00. The van der Waals surface area contributed by atoms with Crippen LogP contribution in [0.1, 0.15) is 72.6 Å². The molecule has 1 aliphatic heterocycles. The van der Waals surface area contributed by atoms with E-state index in [2.05, 4.69) is 20.8 Å². The minimum absolute atomic E-state index is 0.0712. The van der Waals surface area contributed by atoms with Crippen LogP contribution in [0.2, 0.25) is 0 Å². The third-order valence-corrected chi connectivity index (χ3v) is 10.7. The molecule has 0 amide bonds. The summed E-state index contributed by atoms with van der Waals surface area (Å²) in [5, 5.41) is 63.1. The van der Waals surface area contributed by atoms with Crippen LogP contribution in [0.15, 0.2) is 0 Å².